The summed E-state index contributed by atoms with van der Waals surface area (Å²) in [5, 5.41) is 3.28. The Balaban J connectivity index is 0.00000385. The van der Waals surface area contributed by atoms with Crippen molar-refractivity contribution in [1.29, 1.82) is 0 Å². The van der Waals surface area contributed by atoms with E-state index in [0.717, 1.165) is 37.3 Å². The van der Waals surface area contributed by atoms with E-state index in [1.807, 2.05) is 54.1 Å². The van der Waals surface area contributed by atoms with Crippen molar-refractivity contribution in [1.82, 2.24) is 25.1 Å². The third kappa shape index (κ3) is 8.67. The Bertz CT molecular complexity index is 846. The number of hydrogen-bond acceptors (Lipinski definition) is 6. The van der Waals surface area contributed by atoms with Gasteiger partial charge in [0, 0.05) is 58.6 Å². The Labute approximate surface area is 213 Å². The summed E-state index contributed by atoms with van der Waals surface area (Å²) in [4.78, 5) is 31.9. The number of nitrogens with one attached hydrogen (secondary N) is 1. The minimum atomic E-state index is 0. The third-order valence-corrected chi connectivity index (χ3v) is 5.19. The summed E-state index contributed by atoms with van der Waals surface area (Å²) in [6.07, 6.45) is 3.88. The Morgan fingerprint density at radius 1 is 1.12 bits per heavy atom. The first-order valence-corrected chi connectivity index (χ1v) is 11.1. The maximum atomic E-state index is 12.6. The maximum absolute atomic E-state index is 12.6. The lowest BCUT2D eigenvalue weighted by Crippen LogP contribution is -2.49. The van der Waals surface area contributed by atoms with E-state index in [1.165, 1.54) is 0 Å². The number of carbonyl (C=O) groups is 1. The van der Waals surface area contributed by atoms with Crippen LogP contribution in [0, 0.1) is 0 Å². The number of benzene rings is 1. The van der Waals surface area contributed by atoms with Crippen LogP contribution in [0.3, 0.4) is 0 Å². The molecule has 180 valence electrons. The number of carbonyl (C=O) groups excluding carboxylic acids is 1. The fourth-order valence-corrected chi connectivity index (χ4v) is 3.42. The van der Waals surface area contributed by atoms with Crippen LogP contribution >= 0.6 is 24.0 Å². The fraction of sp³-hybridized carbons (Fsp3) is 0.478. The molecule has 0 bridgehead atoms. The Kier molecular flexibility index (Phi) is 11.7. The highest BCUT2D eigenvalue weighted by molar-refractivity contribution is 14.0. The van der Waals surface area contributed by atoms with Crippen LogP contribution in [-0.4, -0.2) is 91.1 Å². The smallest absolute Gasteiger partial charge is 0.225 e. The van der Waals surface area contributed by atoms with E-state index in [1.54, 1.807) is 18.5 Å². The quantitative estimate of drug-likeness (QED) is 0.282. The molecule has 2 heterocycles. The first kappa shape index (κ1) is 26.6. The van der Waals surface area contributed by atoms with E-state index in [0.29, 0.717) is 39.2 Å². The largest absolute Gasteiger partial charge is 0.492 e. The molecule has 33 heavy (non-hydrogen) atoms. The molecule has 1 N–H and O–H groups in total. The van der Waals surface area contributed by atoms with Crippen LogP contribution in [0.2, 0.25) is 0 Å². The molecule has 1 aromatic heterocycles. The maximum Gasteiger partial charge on any atom is 0.225 e. The second-order valence-electron chi connectivity index (χ2n) is 7.49. The van der Waals surface area contributed by atoms with Gasteiger partial charge in [0.1, 0.15) is 12.4 Å². The SMILES string of the molecule is CCNC(=NCCC(=O)N1CCN(c2ncccn2)CC1)N(C)CCOc1ccccc1.I. The first-order valence-electron chi connectivity index (χ1n) is 11.1. The molecule has 3 rings (SSSR count). The van der Waals surface area contributed by atoms with Crippen molar-refractivity contribution in [3.05, 3.63) is 48.8 Å². The molecule has 0 radical (unpaired) electrons. The third-order valence-electron chi connectivity index (χ3n) is 5.19. The molecular formula is C23H34IN7O2. The highest BCUT2D eigenvalue weighted by Gasteiger charge is 2.22. The highest BCUT2D eigenvalue weighted by atomic mass is 127. The van der Waals surface area contributed by atoms with Crippen LogP contribution in [0.15, 0.2) is 53.8 Å². The van der Waals surface area contributed by atoms with Crippen LogP contribution < -0.4 is 15.0 Å². The molecule has 0 aliphatic carbocycles. The number of likely N-dealkylation sites (N-methyl/N-ethyl adjacent to an activating group) is 1. The fourth-order valence-electron chi connectivity index (χ4n) is 3.42. The van der Waals surface area contributed by atoms with Gasteiger partial charge < -0.3 is 24.8 Å². The lowest BCUT2D eigenvalue weighted by Gasteiger charge is -2.34. The molecule has 1 aliphatic rings. The first-order chi connectivity index (χ1) is 15.7. The molecule has 0 atom stereocenters. The van der Waals surface area contributed by atoms with E-state index in [-0.39, 0.29) is 29.9 Å². The normalized spacial score (nSPS) is 13.8. The number of piperazine rings is 1. The molecule has 1 aromatic carbocycles. The van der Waals surface area contributed by atoms with Crippen molar-refractivity contribution in [3.8, 4) is 5.75 Å². The molecule has 1 fully saturated rings. The van der Waals surface area contributed by atoms with Gasteiger partial charge in [0.25, 0.3) is 0 Å². The van der Waals surface area contributed by atoms with Gasteiger partial charge >= 0.3 is 0 Å². The summed E-state index contributed by atoms with van der Waals surface area (Å²) in [6.45, 7) is 7.34. The van der Waals surface area contributed by atoms with E-state index < -0.39 is 0 Å². The van der Waals surface area contributed by atoms with Crippen molar-refractivity contribution >= 4 is 41.8 Å². The van der Waals surface area contributed by atoms with Gasteiger partial charge in [-0.2, -0.15) is 0 Å². The van der Waals surface area contributed by atoms with Gasteiger partial charge in [-0.3, -0.25) is 9.79 Å². The van der Waals surface area contributed by atoms with Crippen molar-refractivity contribution in [3.63, 3.8) is 0 Å². The molecule has 0 saturated carbocycles. The van der Waals surface area contributed by atoms with Crippen LogP contribution in [0.1, 0.15) is 13.3 Å². The molecule has 1 aliphatic heterocycles. The van der Waals surface area contributed by atoms with E-state index >= 15 is 0 Å². The van der Waals surface area contributed by atoms with Crippen molar-refractivity contribution < 1.29 is 9.53 Å². The van der Waals surface area contributed by atoms with Gasteiger partial charge in [0.2, 0.25) is 11.9 Å². The average molecular weight is 567 g/mol. The minimum absolute atomic E-state index is 0. The number of nitrogens with zero attached hydrogens (tertiary/aromatic N) is 6. The standard InChI is InChI=1S/C23H33N7O2.HI/c1-3-24-22(28(2)18-19-32-20-8-5-4-6-9-20)27-13-10-21(31)29-14-16-30(17-15-29)23-25-11-7-12-26-23;/h4-9,11-12H,3,10,13-19H2,1-2H3,(H,24,27);1H. The zero-order valence-corrected chi connectivity index (χ0v) is 21.7. The molecule has 10 heteroatoms. The molecule has 0 unspecified atom stereocenters. The summed E-state index contributed by atoms with van der Waals surface area (Å²) >= 11 is 0. The molecule has 2 aromatic rings. The number of hydrogen-bond donors (Lipinski definition) is 1. The molecular weight excluding hydrogens is 533 g/mol. The summed E-state index contributed by atoms with van der Waals surface area (Å²) in [7, 11) is 1.97. The van der Waals surface area contributed by atoms with E-state index in [2.05, 4.69) is 25.2 Å². The zero-order valence-electron chi connectivity index (χ0n) is 19.4. The topological polar surface area (TPSA) is 86.2 Å². The van der Waals surface area contributed by atoms with Crippen molar-refractivity contribution in [2.75, 3.05) is 64.4 Å². The predicted octanol–water partition coefficient (Wildman–Crippen LogP) is 2.11. The van der Waals surface area contributed by atoms with Crippen LogP contribution in [-0.2, 0) is 4.79 Å². The van der Waals surface area contributed by atoms with Crippen LogP contribution in [0.4, 0.5) is 5.95 Å². The molecule has 1 saturated heterocycles. The van der Waals surface area contributed by atoms with Crippen LogP contribution in [0.5, 0.6) is 5.75 Å². The molecule has 1 amide bonds. The Morgan fingerprint density at radius 2 is 1.82 bits per heavy atom. The number of aromatic nitrogens is 2. The lowest BCUT2D eigenvalue weighted by molar-refractivity contribution is -0.131. The second kappa shape index (κ2) is 14.5. The summed E-state index contributed by atoms with van der Waals surface area (Å²) in [5.74, 6) is 2.49. The number of anilines is 1. The summed E-state index contributed by atoms with van der Waals surface area (Å²) in [6, 6.07) is 11.6. The lowest BCUT2D eigenvalue weighted by atomic mass is 10.3. The van der Waals surface area contributed by atoms with Crippen molar-refractivity contribution in [2.24, 2.45) is 4.99 Å². The number of aliphatic imine (C=N–C) groups is 1. The van der Waals surface area contributed by atoms with Gasteiger partial charge in [-0.25, -0.2) is 9.97 Å². The minimum Gasteiger partial charge on any atom is -0.492 e. The molecule has 0 spiro atoms. The number of para-hydroxylation sites is 1. The number of guanidine groups is 1. The summed E-state index contributed by atoms with van der Waals surface area (Å²) in [5.41, 5.74) is 0. The van der Waals surface area contributed by atoms with Gasteiger partial charge in [0.05, 0.1) is 13.1 Å². The predicted molar refractivity (Wildman–Crippen MR) is 141 cm³/mol. The van der Waals surface area contributed by atoms with Gasteiger partial charge in [-0.1, -0.05) is 18.2 Å². The molecule has 9 nitrogen and oxygen atoms in total. The van der Waals surface area contributed by atoms with Gasteiger partial charge in [-0.05, 0) is 25.1 Å². The Morgan fingerprint density at radius 3 is 2.48 bits per heavy atom. The van der Waals surface area contributed by atoms with Gasteiger partial charge in [-0.15, -0.1) is 24.0 Å². The highest BCUT2D eigenvalue weighted by Crippen LogP contribution is 2.11. The summed E-state index contributed by atoms with van der Waals surface area (Å²) < 4.78 is 5.77. The number of amides is 1. The van der Waals surface area contributed by atoms with Crippen molar-refractivity contribution in [2.45, 2.75) is 13.3 Å². The van der Waals surface area contributed by atoms with E-state index in [9.17, 15) is 4.79 Å². The Hall–Kier alpha value is -2.63. The van der Waals surface area contributed by atoms with E-state index in [4.69, 9.17) is 4.74 Å². The number of rotatable bonds is 9. The average Bonchev–Trinajstić information content (AvgIpc) is 2.84. The second-order valence-corrected chi connectivity index (χ2v) is 7.49. The number of ether oxygens (including phenoxy) is 1. The zero-order chi connectivity index (χ0) is 22.6. The number of halogens is 1. The monoisotopic (exact) mass is 567 g/mol. The van der Waals surface area contributed by atoms with Crippen LogP contribution in [0.25, 0.3) is 0 Å². The van der Waals surface area contributed by atoms with Gasteiger partial charge in [0.15, 0.2) is 5.96 Å².